The van der Waals surface area contributed by atoms with Gasteiger partial charge in [-0.2, -0.15) is 0 Å². The van der Waals surface area contributed by atoms with E-state index in [9.17, 15) is 0 Å². The van der Waals surface area contributed by atoms with E-state index in [1.54, 1.807) is 0 Å². The predicted octanol–water partition coefficient (Wildman–Crippen LogP) is 4.20. The average molecular weight is 278 g/mol. The number of fused-ring (bicyclic) bond motifs is 1. The van der Waals surface area contributed by atoms with Crippen molar-refractivity contribution in [3.8, 4) is 0 Å². The van der Waals surface area contributed by atoms with Gasteiger partial charge < -0.3 is 10.3 Å². The highest BCUT2D eigenvalue weighted by Crippen LogP contribution is 2.17. The molecule has 3 aromatic rings. The smallest absolute Gasteiger partial charge is 0.0457 e. The zero-order valence-corrected chi connectivity index (χ0v) is 12.7. The molecule has 21 heavy (non-hydrogen) atoms. The van der Waals surface area contributed by atoms with Crippen molar-refractivity contribution in [3.05, 3.63) is 71.4 Å². The van der Waals surface area contributed by atoms with E-state index in [-0.39, 0.29) is 0 Å². The Balaban J connectivity index is 1.65. The number of nitrogens with one attached hydrogen (secondary N) is 2. The Labute approximate surface area is 126 Å². The number of aromatic amines is 1. The first-order valence-corrected chi connectivity index (χ1v) is 7.57. The minimum absolute atomic E-state index is 0.459. The molecule has 0 saturated carbocycles. The third kappa shape index (κ3) is 3.17. The van der Waals surface area contributed by atoms with Crippen LogP contribution in [0.5, 0.6) is 0 Å². The lowest BCUT2D eigenvalue weighted by Crippen LogP contribution is -2.27. The van der Waals surface area contributed by atoms with Gasteiger partial charge in [-0.3, -0.25) is 0 Å². The maximum absolute atomic E-state index is 3.64. The Bertz CT molecular complexity index is 727. The predicted molar refractivity (Wildman–Crippen MR) is 89.5 cm³/mol. The number of benzene rings is 2. The summed E-state index contributed by atoms with van der Waals surface area (Å²) in [6, 6.07) is 17.7. The minimum Gasteiger partial charge on any atom is -0.361 e. The first-order valence-electron chi connectivity index (χ1n) is 7.57. The van der Waals surface area contributed by atoms with Crippen LogP contribution in [-0.2, 0) is 13.0 Å². The summed E-state index contributed by atoms with van der Waals surface area (Å²) in [6.07, 6.45) is 3.07. The minimum atomic E-state index is 0.459. The van der Waals surface area contributed by atoms with Crippen LogP contribution in [0.3, 0.4) is 0 Å². The van der Waals surface area contributed by atoms with Crippen LogP contribution in [0, 0.1) is 6.92 Å². The Morgan fingerprint density at radius 3 is 2.67 bits per heavy atom. The molecule has 0 fully saturated rings. The summed E-state index contributed by atoms with van der Waals surface area (Å²) in [5.74, 6) is 0. The number of hydrogen-bond donors (Lipinski definition) is 2. The highest BCUT2D eigenvalue weighted by atomic mass is 14.9. The summed E-state index contributed by atoms with van der Waals surface area (Å²) in [4.78, 5) is 3.27. The van der Waals surface area contributed by atoms with Crippen molar-refractivity contribution in [3.63, 3.8) is 0 Å². The second-order valence-corrected chi connectivity index (χ2v) is 5.77. The summed E-state index contributed by atoms with van der Waals surface area (Å²) in [5, 5.41) is 4.96. The molecule has 1 unspecified atom stereocenters. The van der Waals surface area contributed by atoms with Gasteiger partial charge in [0.25, 0.3) is 0 Å². The Hall–Kier alpha value is -2.06. The zero-order valence-electron chi connectivity index (χ0n) is 12.7. The molecule has 2 nitrogen and oxygen atoms in total. The molecule has 0 spiro atoms. The van der Waals surface area contributed by atoms with Gasteiger partial charge >= 0.3 is 0 Å². The fourth-order valence-corrected chi connectivity index (χ4v) is 2.83. The van der Waals surface area contributed by atoms with Crippen LogP contribution < -0.4 is 5.32 Å². The molecule has 0 bridgehead atoms. The molecule has 108 valence electrons. The molecule has 2 heteroatoms. The normalized spacial score (nSPS) is 12.7. The van der Waals surface area contributed by atoms with E-state index in [0.29, 0.717) is 6.04 Å². The molecule has 0 radical (unpaired) electrons. The first-order chi connectivity index (χ1) is 10.2. The van der Waals surface area contributed by atoms with Crippen LogP contribution in [0.2, 0.25) is 0 Å². The largest absolute Gasteiger partial charge is 0.361 e. The maximum atomic E-state index is 3.64. The molecule has 2 N–H and O–H groups in total. The molecular formula is C19H22N2. The van der Waals surface area contributed by atoms with Crippen molar-refractivity contribution in [2.24, 2.45) is 0 Å². The zero-order chi connectivity index (χ0) is 14.7. The van der Waals surface area contributed by atoms with Crippen LogP contribution >= 0.6 is 0 Å². The molecule has 1 heterocycles. The van der Waals surface area contributed by atoms with Gasteiger partial charge in [-0.25, -0.2) is 0 Å². The second kappa shape index (κ2) is 6.15. The number of aryl methyl sites for hydroxylation is 1. The molecule has 0 aliphatic carbocycles. The molecule has 2 aromatic carbocycles. The Morgan fingerprint density at radius 2 is 1.81 bits per heavy atom. The molecule has 0 aliphatic heterocycles. The maximum Gasteiger partial charge on any atom is 0.0457 e. The monoisotopic (exact) mass is 278 g/mol. The number of H-pyrrole nitrogens is 1. The van der Waals surface area contributed by atoms with Gasteiger partial charge in [-0.1, -0.05) is 36.4 Å². The van der Waals surface area contributed by atoms with Crippen molar-refractivity contribution in [2.75, 3.05) is 0 Å². The van der Waals surface area contributed by atoms with Gasteiger partial charge in [0.1, 0.15) is 0 Å². The summed E-state index contributed by atoms with van der Waals surface area (Å²) in [7, 11) is 0. The Kier molecular flexibility index (Phi) is 4.07. The number of hydrogen-bond acceptors (Lipinski definition) is 1. The quantitative estimate of drug-likeness (QED) is 0.719. The molecular weight excluding hydrogens is 256 g/mol. The fraction of sp³-hybridized carbons (Fsp3) is 0.263. The van der Waals surface area contributed by atoms with Crippen molar-refractivity contribution >= 4 is 10.9 Å². The van der Waals surface area contributed by atoms with E-state index in [0.717, 1.165) is 13.0 Å². The van der Waals surface area contributed by atoms with Gasteiger partial charge in [-0.05, 0) is 49.1 Å². The lowest BCUT2D eigenvalue weighted by atomic mass is 10.0. The van der Waals surface area contributed by atoms with E-state index < -0.39 is 0 Å². The number of aromatic nitrogens is 1. The highest BCUT2D eigenvalue weighted by Gasteiger charge is 2.07. The molecule has 1 aromatic heterocycles. The van der Waals surface area contributed by atoms with Crippen LogP contribution in [0.25, 0.3) is 10.9 Å². The SMILES string of the molecule is Cc1ccccc1CC(C)NCc1cccc2[nH]ccc12. The fourth-order valence-electron chi connectivity index (χ4n) is 2.83. The van der Waals surface area contributed by atoms with Crippen LogP contribution in [0.1, 0.15) is 23.6 Å². The highest BCUT2D eigenvalue weighted by molar-refractivity contribution is 5.82. The van der Waals surface area contributed by atoms with Gasteiger partial charge in [-0.15, -0.1) is 0 Å². The van der Waals surface area contributed by atoms with E-state index in [1.807, 2.05) is 6.20 Å². The van der Waals surface area contributed by atoms with E-state index in [4.69, 9.17) is 0 Å². The van der Waals surface area contributed by atoms with E-state index in [2.05, 4.69) is 72.7 Å². The third-order valence-corrected chi connectivity index (χ3v) is 4.11. The topological polar surface area (TPSA) is 27.8 Å². The van der Waals surface area contributed by atoms with Gasteiger partial charge in [0.15, 0.2) is 0 Å². The van der Waals surface area contributed by atoms with Crippen molar-refractivity contribution in [1.82, 2.24) is 10.3 Å². The van der Waals surface area contributed by atoms with Crippen molar-refractivity contribution in [1.29, 1.82) is 0 Å². The molecule has 0 amide bonds. The van der Waals surface area contributed by atoms with Gasteiger partial charge in [0.05, 0.1) is 0 Å². The Morgan fingerprint density at radius 1 is 1.00 bits per heavy atom. The first kappa shape index (κ1) is 13.9. The third-order valence-electron chi connectivity index (χ3n) is 4.11. The van der Waals surface area contributed by atoms with Gasteiger partial charge in [0.2, 0.25) is 0 Å². The van der Waals surface area contributed by atoms with Crippen LogP contribution in [0.4, 0.5) is 0 Å². The van der Waals surface area contributed by atoms with E-state index in [1.165, 1.54) is 27.6 Å². The lowest BCUT2D eigenvalue weighted by Gasteiger charge is -2.16. The molecule has 1 atom stereocenters. The summed E-state index contributed by atoms with van der Waals surface area (Å²) >= 11 is 0. The lowest BCUT2D eigenvalue weighted by molar-refractivity contribution is 0.546. The second-order valence-electron chi connectivity index (χ2n) is 5.77. The summed E-state index contributed by atoms with van der Waals surface area (Å²) in [5.41, 5.74) is 5.36. The molecule has 0 aliphatic rings. The molecule has 3 rings (SSSR count). The van der Waals surface area contributed by atoms with Crippen molar-refractivity contribution in [2.45, 2.75) is 32.9 Å². The standard InChI is InChI=1S/C19H22N2/c1-14-6-3-4-7-16(14)12-15(2)21-13-17-8-5-9-19-18(17)10-11-20-19/h3-11,15,20-21H,12-13H2,1-2H3. The number of rotatable bonds is 5. The molecule has 0 saturated heterocycles. The van der Waals surface area contributed by atoms with Crippen LogP contribution in [0.15, 0.2) is 54.7 Å². The average Bonchev–Trinajstić information content (AvgIpc) is 2.96. The van der Waals surface area contributed by atoms with Crippen molar-refractivity contribution < 1.29 is 0 Å². The van der Waals surface area contributed by atoms with Crippen LogP contribution in [-0.4, -0.2) is 11.0 Å². The summed E-state index contributed by atoms with van der Waals surface area (Å²) < 4.78 is 0. The summed E-state index contributed by atoms with van der Waals surface area (Å²) in [6.45, 7) is 5.34. The van der Waals surface area contributed by atoms with E-state index >= 15 is 0 Å². The van der Waals surface area contributed by atoms with Gasteiger partial charge in [0, 0.05) is 29.7 Å².